The molecule has 2 N–H and O–H groups in total. The molecule has 1 fully saturated rings. The van der Waals surface area contributed by atoms with Gasteiger partial charge in [-0.05, 0) is 31.0 Å². The van der Waals surface area contributed by atoms with Crippen LogP contribution in [0.15, 0.2) is 18.2 Å². The highest BCUT2D eigenvalue weighted by atomic mass is 35.5. The molecule has 0 radical (unpaired) electrons. The Morgan fingerprint density at radius 3 is 2.35 bits per heavy atom. The topological polar surface area (TPSA) is 69.6 Å². The van der Waals surface area contributed by atoms with Gasteiger partial charge in [-0.1, -0.05) is 11.6 Å². The number of carbonyl (C=O) groups is 2. The van der Waals surface area contributed by atoms with Gasteiger partial charge < -0.3 is 15.3 Å². The standard InChI is InChI=1S/C14H14ClF3N2O3/c15-10-5-9(14(16,17)18)6-11(7-10)19-13(23)20-3-1-8(2-4-20)12(21)22/h5-8H,1-4H2,(H,19,23)(H,21,22). The molecule has 0 aromatic heterocycles. The van der Waals surface area contributed by atoms with E-state index in [0.29, 0.717) is 12.8 Å². The summed E-state index contributed by atoms with van der Waals surface area (Å²) >= 11 is 5.65. The van der Waals surface area contributed by atoms with Crippen LogP contribution in [-0.4, -0.2) is 35.1 Å². The summed E-state index contributed by atoms with van der Waals surface area (Å²) in [5, 5.41) is 11.1. The van der Waals surface area contributed by atoms with Gasteiger partial charge in [0, 0.05) is 23.8 Å². The van der Waals surface area contributed by atoms with Crippen molar-refractivity contribution in [3.8, 4) is 0 Å². The van der Waals surface area contributed by atoms with Crippen LogP contribution in [0, 0.1) is 5.92 Å². The summed E-state index contributed by atoms with van der Waals surface area (Å²) in [6.07, 6.45) is -3.94. The summed E-state index contributed by atoms with van der Waals surface area (Å²) in [7, 11) is 0. The Hall–Kier alpha value is -1.96. The Bertz CT molecular complexity index is 614. The molecule has 5 nitrogen and oxygen atoms in total. The van der Waals surface area contributed by atoms with Gasteiger partial charge >= 0.3 is 18.2 Å². The fourth-order valence-corrected chi connectivity index (χ4v) is 2.59. The van der Waals surface area contributed by atoms with Crippen molar-refractivity contribution in [2.45, 2.75) is 19.0 Å². The average Bonchev–Trinajstić information content (AvgIpc) is 2.45. The van der Waals surface area contributed by atoms with Crippen LogP contribution in [-0.2, 0) is 11.0 Å². The third-order valence-corrected chi connectivity index (χ3v) is 3.83. The van der Waals surface area contributed by atoms with Crippen LogP contribution in [0.5, 0.6) is 0 Å². The highest BCUT2D eigenvalue weighted by Crippen LogP contribution is 2.33. The van der Waals surface area contributed by atoms with Crippen molar-refractivity contribution in [2.75, 3.05) is 18.4 Å². The second-order valence-corrected chi connectivity index (χ2v) is 5.69. The van der Waals surface area contributed by atoms with Crippen molar-refractivity contribution in [2.24, 2.45) is 5.92 Å². The summed E-state index contributed by atoms with van der Waals surface area (Å²) in [5.74, 6) is -1.41. The van der Waals surface area contributed by atoms with Crippen LogP contribution in [0.2, 0.25) is 5.02 Å². The van der Waals surface area contributed by atoms with E-state index in [1.54, 1.807) is 0 Å². The number of aliphatic carboxylic acids is 1. The fraction of sp³-hybridized carbons (Fsp3) is 0.429. The molecule has 1 aromatic rings. The number of likely N-dealkylation sites (tertiary alicyclic amines) is 1. The van der Waals surface area contributed by atoms with Gasteiger partial charge in [-0.2, -0.15) is 13.2 Å². The highest BCUT2D eigenvalue weighted by Gasteiger charge is 2.32. The van der Waals surface area contributed by atoms with E-state index in [4.69, 9.17) is 16.7 Å². The molecule has 0 bridgehead atoms. The van der Waals surface area contributed by atoms with Crippen LogP contribution < -0.4 is 5.32 Å². The predicted octanol–water partition coefficient (Wildman–Crippen LogP) is 3.69. The first-order valence-corrected chi connectivity index (χ1v) is 7.21. The van der Waals surface area contributed by atoms with E-state index in [-0.39, 0.29) is 23.8 Å². The summed E-state index contributed by atoms with van der Waals surface area (Å²) < 4.78 is 38.2. The zero-order valence-corrected chi connectivity index (χ0v) is 12.6. The molecule has 0 unspecified atom stereocenters. The minimum Gasteiger partial charge on any atom is -0.481 e. The zero-order chi connectivity index (χ0) is 17.2. The van der Waals surface area contributed by atoms with Crippen molar-refractivity contribution in [1.82, 2.24) is 4.90 Å². The lowest BCUT2D eigenvalue weighted by molar-refractivity contribution is -0.143. The Labute approximate surface area is 135 Å². The molecule has 1 aromatic carbocycles. The van der Waals surface area contributed by atoms with Gasteiger partial charge in [0.1, 0.15) is 0 Å². The molecule has 126 valence electrons. The summed E-state index contributed by atoms with van der Waals surface area (Å²) in [6, 6.07) is 2.21. The van der Waals surface area contributed by atoms with Crippen LogP contribution in [0.4, 0.5) is 23.7 Å². The number of halogens is 4. The van der Waals surface area contributed by atoms with E-state index in [0.717, 1.165) is 12.1 Å². The summed E-state index contributed by atoms with van der Waals surface area (Å²) in [6.45, 7) is 0.463. The Morgan fingerprint density at radius 1 is 1.22 bits per heavy atom. The molecule has 1 heterocycles. The van der Waals surface area contributed by atoms with E-state index in [2.05, 4.69) is 5.32 Å². The minimum atomic E-state index is -4.57. The first kappa shape index (κ1) is 17.4. The second kappa shape index (κ2) is 6.66. The smallest absolute Gasteiger partial charge is 0.416 e. The molecular weight excluding hydrogens is 337 g/mol. The highest BCUT2D eigenvalue weighted by molar-refractivity contribution is 6.31. The number of carboxylic acid groups (broad SMARTS) is 1. The molecule has 2 amide bonds. The molecule has 23 heavy (non-hydrogen) atoms. The van der Waals surface area contributed by atoms with Crippen molar-refractivity contribution in [3.63, 3.8) is 0 Å². The van der Waals surface area contributed by atoms with E-state index in [1.165, 1.54) is 11.0 Å². The molecule has 0 aliphatic carbocycles. The number of hydrogen-bond acceptors (Lipinski definition) is 2. The van der Waals surface area contributed by atoms with E-state index in [9.17, 15) is 22.8 Å². The van der Waals surface area contributed by atoms with E-state index < -0.39 is 29.7 Å². The summed E-state index contributed by atoms with van der Waals surface area (Å²) in [5.41, 5.74) is -1.01. The SMILES string of the molecule is O=C(O)C1CCN(C(=O)Nc2cc(Cl)cc(C(F)(F)F)c2)CC1. The first-order chi connectivity index (χ1) is 10.7. The number of hydrogen-bond donors (Lipinski definition) is 2. The normalized spacial score (nSPS) is 16.3. The number of benzene rings is 1. The maximum atomic E-state index is 12.7. The predicted molar refractivity (Wildman–Crippen MR) is 77.4 cm³/mol. The third-order valence-electron chi connectivity index (χ3n) is 3.61. The number of urea groups is 1. The first-order valence-electron chi connectivity index (χ1n) is 6.83. The lowest BCUT2D eigenvalue weighted by Crippen LogP contribution is -2.42. The molecule has 1 aliphatic rings. The van der Waals surface area contributed by atoms with Crippen molar-refractivity contribution >= 4 is 29.3 Å². The quantitative estimate of drug-likeness (QED) is 0.854. The molecule has 0 saturated carbocycles. The largest absolute Gasteiger partial charge is 0.481 e. The maximum absolute atomic E-state index is 12.7. The number of carboxylic acids is 1. The minimum absolute atomic E-state index is 0.0600. The molecule has 1 aliphatic heterocycles. The van der Waals surface area contributed by atoms with Crippen molar-refractivity contribution in [3.05, 3.63) is 28.8 Å². The number of alkyl halides is 3. The van der Waals surface area contributed by atoms with Gasteiger partial charge in [-0.25, -0.2) is 4.79 Å². The van der Waals surface area contributed by atoms with Crippen molar-refractivity contribution < 1.29 is 27.9 Å². The molecule has 2 rings (SSSR count). The number of carbonyl (C=O) groups excluding carboxylic acids is 1. The Morgan fingerprint density at radius 2 is 1.83 bits per heavy atom. The molecule has 0 atom stereocenters. The van der Waals surface area contributed by atoms with Crippen LogP contribution in [0.1, 0.15) is 18.4 Å². The number of nitrogens with one attached hydrogen (secondary N) is 1. The fourth-order valence-electron chi connectivity index (χ4n) is 2.36. The Kier molecular flexibility index (Phi) is 5.03. The third kappa shape index (κ3) is 4.51. The maximum Gasteiger partial charge on any atom is 0.416 e. The number of amides is 2. The Balaban J connectivity index is 2.04. The summed E-state index contributed by atoms with van der Waals surface area (Å²) in [4.78, 5) is 24.3. The molecule has 1 saturated heterocycles. The van der Waals surface area contributed by atoms with Crippen LogP contribution in [0.25, 0.3) is 0 Å². The average molecular weight is 351 g/mol. The van der Waals surface area contributed by atoms with Gasteiger partial charge in [0.25, 0.3) is 0 Å². The molecular formula is C14H14ClF3N2O3. The second-order valence-electron chi connectivity index (χ2n) is 5.26. The lowest BCUT2D eigenvalue weighted by atomic mass is 9.97. The van der Waals surface area contributed by atoms with Crippen LogP contribution >= 0.6 is 11.6 Å². The van der Waals surface area contributed by atoms with Gasteiger partial charge in [0.05, 0.1) is 11.5 Å². The van der Waals surface area contributed by atoms with Gasteiger partial charge in [0.2, 0.25) is 0 Å². The van der Waals surface area contributed by atoms with Crippen LogP contribution in [0.3, 0.4) is 0 Å². The number of piperidine rings is 1. The van der Waals surface area contributed by atoms with E-state index in [1.807, 2.05) is 0 Å². The monoisotopic (exact) mass is 350 g/mol. The van der Waals surface area contributed by atoms with Gasteiger partial charge in [-0.15, -0.1) is 0 Å². The number of nitrogens with zero attached hydrogens (tertiary/aromatic N) is 1. The van der Waals surface area contributed by atoms with Gasteiger partial charge in [0.15, 0.2) is 0 Å². The van der Waals surface area contributed by atoms with Gasteiger partial charge in [-0.3, -0.25) is 4.79 Å². The number of rotatable bonds is 2. The lowest BCUT2D eigenvalue weighted by Gasteiger charge is -2.30. The molecule has 0 spiro atoms. The molecule has 9 heteroatoms. The zero-order valence-electron chi connectivity index (χ0n) is 11.9. The van der Waals surface area contributed by atoms with E-state index >= 15 is 0 Å². The van der Waals surface area contributed by atoms with Crippen molar-refractivity contribution in [1.29, 1.82) is 0 Å². The number of anilines is 1.